The van der Waals surface area contributed by atoms with Crippen LogP contribution in [0.4, 0.5) is 0 Å². The van der Waals surface area contributed by atoms with E-state index in [2.05, 4.69) is 9.80 Å². The summed E-state index contributed by atoms with van der Waals surface area (Å²) in [6, 6.07) is -0.208. The molecule has 2 fully saturated rings. The Kier molecular flexibility index (Phi) is 4.04. The molecule has 0 aromatic heterocycles. The summed E-state index contributed by atoms with van der Waals surface area (Å²) < 4.78 is 22.9. The molecule has 0 bridgehead atoms. The van der Waals surface area contributed by atoms with Crippen molar-refractivity contribution in [3.63, 3.8) is 0 Å². The lowest BCUT2D eigenvalue weighted by molar-refractivity contribution is 0.0454. The number of aliphatic hydroxyl groups excluding tert-OH is 1. The van der Waals surface area contributed by atoms with Gasteiger partial charge in [-0.25, -0.2) is 8.42 Å². The fourth-order valence-electron chi connectivity index (χ4n) is 2.66. The summed E-state index contributed by atoms with van der Waals surface area (Å²) in [6.07, 6.45) is -0.721. The smallest absolute Gasteiger partial charge is 0.154 e. The van der Waals surface area contributed by atoms with E-state index in [9.17, 15) is 13.5 Å². The standard InChI is InChI=1S/C10H21N3O3S/c11-1-2-12-3-5-13(6-4-12)9-7-17(15,16)8-10(9)14/h9-10,14H,1-8,11H2. The molecule has 2 unspecified atom stereocenters. The van der Waals surface area contributed by atoms with Crippen LogP contribution in [-0.4, -0.2) is 86.2 Å². The van der Waals surface area contributed by atoms with E-state index < -0.39 is 15.9 Å². The van der Waals surface area contributed by atoms with Gasteiger partial charge in [-0.1, -0.05) is 0 Å². The van der Waals surface area contributed by atoms with E-state index >= 15 is 0 Å². The van der Waals surface area contributed by atoms with Crippen LogP contribution in [-0.2, 0) is 9.84 Å². The molecule has 2 aliphatic heterocycles. The Labute approximate surface area is 102 Å². The Morgan fingerprint density at radius 2 is 1.82 bits per heavy atom. The summed E-state index contributed by atoms with van der Waals surface area (Å²) in [6.45, 7) is 4.98. The van der Waals surface area contributed by atoms with Gasteiger partial charge in [0.15, 0.2) is 9.84 Å². The first-order chi connectivity index (χ1) is 8.02. The second-order valence-corrected chi connectivity index (χ2v) is 7.03. The minimum Gasteiger partial charge on any atom is -0.390 e. The fourth-order valence-corrected chi connectivity index (χ4v) is 4.49. The minimum absolute atomic E-state index is 0.0827. The van der Waals surface area contributed by atoms with E-state index in [1.54, 1.807) is 0 Å². The van der Waals surface area contributed by atoms with Gasteiger partial charge in [-0.15, -0.1) is 0 Å². The molecule has 2 aliphatic rings. The van der Waals surface area contributed by atoms with E-state index in [0.717, 1.165) is 32.7 Å². The second kappa shape index (κ2) is 5.19. The van der Waals surface area contributed by atoms with Gasteiger partial charge in [0.2, 0.25) is 0 Å². The monoisotopic (exact) mass is 263 g/mol. The maximum absolute atomic E-state index is 11.4. The van der Waals surface area contributed by atoms with Gasteiger partial charge < -0.3 is 10.8 Å². The number of piperazine rings is 1. The lowest BCUT2D eigenvalue weighted by Crippen LogP contribution is -2.54. The summed E-state index contributed by atoms with van der Waals surface area (Å²) >= 11 is 0. The topological polar surface area (TPSA) is 86.9 Å². The lowest BCUT2D eigenvalue weighted by Gasteiger charge is -2.38. The fraction of sp³-hybridized carbons (Fsp3) is 1.00. The van der Waals surface area contributed by atoms with Crippen molar-refractivity contribution >= 4 is 9.84 Å². The van der Waals surface area contributed by atoms with E-state index in [4.69, 9.17) is 5.73 Å². The Morgan fingerprint density at radius 3 is 2.29 bits per heavy atom. The molecule has 0 aromatic rings. The SMILES string of the molecule is NCCN1CCN(C2CS(=O)(=O)CC2O)CC1. The quantitative estimate of drug-likeness (QED) is 0.596. The van der Waals surface area contributed by atoms with Crippen molar-refractivity contribution in [2.75, 3.05) is 50.8 Å². The third kappa shape index (κ3) is 3.17. The molecule has 0 aliphatic carbocycles. The molecule has 3 N–H and O–H groups in total. The molecule has 2 saturated heterocycles. The van der Waals surface area contributed by atoms with Crippen LogP contribution in [0.2, 0.25) is 0 Å². The molecule has 2 atom stereocenters. The highest BCUT2D eigenvalue weighted by atomic mass is 32.2. The molecule has 0 spiro atoms. The number of aliphatic hydroxyl groups is 1. The Hall–Kier alpha value is -0.210. The third-order valence-corrected chi connectivity index (χ3v) is 5.31. The molecule has 7 heteroatoms. The lowest BCUT2D eigenvalue weighted by atomic mass is 10.1. The van der Waals surface area contributed by atoms with Crippen molar-refractivity contribution in [3.05, 3.63) is 0 Å². The summed E-state index contributed by atoms with van der Waals surface area (Å²) in [5, 5.41) is 9.79. The van der Waals surface area contributed by atoms with Crippen LogP contribution in [0.15, 0.2) is 0 Å². The van der Waals surface area contributed by atoms with Crippen LogP contribution in [0.25, 0.3) is 0 Å². The normalized spacial score (nSPS) is 35.2. The van der Waals surface area contributed by atoms with Crippen molar-refractivity contribution in [1.82, 2.24) is 9.80 Å². The molecule has 6 nitrogen and oxygen atoms in total. The van der Waals surface area contributed by atoms with Crippen molar-refractivity contribution in [1.29, 1.82) is 0 Å². The van der Waals surface area contributed by atoms with E-state index in [-0.39, 0.29) is 17.5 Å². The van der Waals surface area contributed by atoms with Gasteiger partial charge in [-0.05, 0) is 0 Å². The summed E-state index contributed by atoms with van der Waals surface area (Å²) in [5.41, 5.74) is 5.50. The van der Waals surface area contributed by atoms with E-state index in [0.29, 0.717) is 6.54 Å². The van der Waals surface area contributed by atoms with Gasteiger partial charge in [-0.2, -0.15) is 0 Å². The van der Waals surface area contributed by atoms with Crippen molar-refractivity contribution in [2.45, 2.75) is 12.1 Å². The first-order valence-electron chi connectivity index (χ1n) is 6.07. The van der Waals surface area contributed by atoms with Crippen LogP contribution in [0.3, 0.4) is 0 Å². The number of hydrogen-bond donors (Lipinski definition) is 2. The number of nitrogens with two attached hydrogens (primary N) is 1. The summed E-state index contributed by atoms with van der Waals surface area (Å²) in [7, 11) is -3.04. The van der Waals surface area contributed by atoms with Crippen LogP contribution in [0, 0.1) is 0 Å². The van der Waals surface area contributed by atoms with Crippen LogP contribution in [0.1, 0.15) is 0 Å². The Bertz CT molecular complexity index is 352. The van der Waals surface area contributed by atoms with Crippen molar-refractivity contribution in [3.8, 4) is 0 Å². The third-order valence-electron chi connectivity index (χ3n) is 3.61. The minimum atomic E-state index is -3.04. The molecule has 0 aromatic carbocycles. The first-order valence-corrected chi connectivity index (χ1v) is 7.89. The van der Waals surface area contributed by atoms with Crippen molar-refractivity contribution < 1.29 is 13.5 Å². The first kappa shape index (κ1) is 13.2. The van der Waals surface area contributed by atoms with Gasteiger partial charge in [0.1, 0.15) is 0 Å². The van der Waals surface area contributed by atoms with Gasteiger partial charge >= 0.3 is 0 Å². The summed E-state index contributed by atoms with van der Waals surface area (Å²) in [5.74, 6) is 0.0196. The number of hydrogen-bond acceptors (Lipinski definition) is 6. The number of rotatable bonds is 3. The van der Waals surface area contributed by atoms with E-state index in [1.165, 1.54) is 0 Å². The molecule has 2 rings (SSSR count). The molecule has 17 heavy (non-hydrogen) atoms. The predicted molar refractivity (Wildman–Crippen MR) is 65.5 cm³/mol. The Balaban J connectivity index is 1.89. The summed E-state index contributed by atoms with van der Waals surface area (Å²) in [4.78, 5) is 4.37. The maximum Gasteiger partial charge on any atom is 0.154 e. The molecular formula is C10H21N3O3S. The van der Waals surface area contributed by atoms with Gasteiger partial charge in [-0.3, -0.25) is 9.80 Å². The highest BCUT2D eigenvalue weighted by molar-refractivity contribution is 7.91. The average Bonchev–Trinajstić information content (AvgIpc) is 2.54. The zero-order valence-corrected chi connectivity index (χ0v) is 10.8. The van der Waals surface area contributed by atoms with Crippen LogP contribution < -0.4 is 5.73 Å². The Morgan fingerprint density at radius 1 is 1.18 bits per heavy atom. The predicted octanol–water partition coefficient (Wildman–Crippen LogP) is -2.28. The molecule has 2 heterocycles. The molecule has 0 amide bonds. The number of nitrogens with zero attached hydrogens (tertiary/aromatic N) is 2. The maximum atomic E-state index is 11.4. The largest absolute Gasteiger partial charge is 0.390 e. The van der Waals surface area contributed by atoms with Crippen molar-refractivity contribution in [2.24, 2.45) is 5.73 Å². The average molecular weight is 263 g/mol. The van der Waals surface area contributed by atoms with Gasteiger partial charge in [0, 0.05) is 39.3 Å². The molecular weight excluding hydrogens is 242 g/mol. The number of sulfone groups is 1. The highest BCUT2D eigenvalue weighted by Gasteiger charge is 2.40. The zero-order chi connectivity index (χ0) is 12.5. The van der Waals surface area contributed by atoms with Gasteiger partial charge in [0.05, 0.1) is 23.7 Å². The molecule has 100 valence electrons. The van der Waals surface area contributed by atoms with Crippen LogP contribution in [0.5, 0.6) is 0 Å². The molecule has 0 saturated carbocycles. The van der Waals surface area contributed by atoms with Crippen LogP contribution >= 0.6 is 0 Å². The highest BCUT2D eigenvalue weighted by Crippen LogP contribution is 2.19. The van der Waals surface area contributed by atoms with E-state index in [1.807, 2.05) is 0 Å². The zero-order valence-electron chi connectivity index (χ0n) is 9.96. The molecule has 0 radical (unpaired) electrons. The van der Waals surface area contributed by atoms with Gasteiger partial charge in [0.25, 0.3) is 0 Å². The second-order valence-electron chi connectivity index (χ2n) is 4.88.